The fraction of sp³-hybridized carbons (Fsp3) is 0.807. The maximum atomic E-state index is 15.2. The number of ketones is 1. The zero-order chi connectivity index (χ0) is 57.0. The van der Waals surface area contributed by atoms with Crippen molar-refractivity contribution in [2.45, 2.75) is 211 Å². The first-order chi connectivity index (χ1) is 36.8. The Morgan fingerprint density at radius 1 is 0.974 bits per heavy atom. The van der Waals surface area contributed by atoms with Gasteiger partial charge in [-0.2, -0.15) is 0 Å². The first-order valence-corrected chi connectivity index (χ1v) is 28.5. The first-order valence-electron chi connectivity index (χ1n) is 28.5. The highest BCUT2D eigenvalue weighted by atomic mass is 19.1. The van der Waals surface area contributed by atoms with Gasteiger partial charge in [0, 0.05) is 63.3 Å². The molecule has 4 N–H and O–H groups in total. The fourth-order valence-corrected chi connectivity index (χ4v) is 13.1. The molecule has 4 saturated heterocycles. The topological polar surface area (TPSA) is 232 Å². The standard InChI is InChI=1S/C57H92FN7O13/c1-14-47-57(10,71)50(67)37(6)63(12)30-33(2)28-55(8,70)52(35(4)48(36(5)53(69)76-47)46-29-56(9,72-13)51(68)38(7)75-46)77-54-49(66)45(25-34(3)74-54)62(11)20-16-15-17-40-31-65(61-59-40)32-41-27-43(60-78-41)39-18-19-44(42(58)26-39)64-21-23-73-24-22-64/h18-19,26,31,33-38,41,45-48,50-52,54,67-68,70-71H,14-17,20-25,27-30,32H2,1-13H3/t33-,34-,35+,36-,37-,38?,41-,45+,46-,47-,48?,50-,51+,52-,54+,55?,56-,57-/m1/s1. The molecule has 4 fully saturated rings. The monoisotopic (exact) mass is 1100 g/mol. The van der Waals surface area contributed by atoms with Gasteiger partial charge < -0.3 is 63.5 Å². The molecule has 18 atom stereocenters. The van der Waals surface area contributed by atoms with Crippen LogP contribution in [0.3, 0.4) is 0 Å². The molecule has 0 bridgehead atoms. The lowest BCUT2D eigenvalue weighted by molar-refractivity contribution is -0.264. The van der Waals surface area contributed by atoms with Gasteiger partial charge in [-0.1, -0.05) is 44.1 Å². The number of aromatic nitrogens is 3. The summed E-state index contributed by atoms with van der Waals surface area (Å²) in [6, 6.07) is 4.06. The molecule has 0 spiro atoms. The SMILES string of the molecule is CC[C@H]1OC(=O)[C@H](C)C([C@H]2C[C@@](C)(OC)[C@@H](O)C(C)O2)[C@H](C)[C@@H](O[C@@H]2O[C@H](C)C[C@H](N(C)CCCCc3cn(C[C@H]4CC(c5ccc(N6CCOCC6)c(F)c5)=NO4)nn3)C2=O)C(C)(O)C[C@@H](C)CN(C)[C@H](C)[C@@H](O)[C@]1(C)O. The number of carbonyl (C=O) groups is 2. The Morgan fingerprint density at radius 2 is 1.69 bits per heavy atom. The fourth-order valence-electron chi connectivity index (χ4n) is 13.1. The summed E-state index contributed by atoms with van der Waals surface area (Å²) in [5.74, 6) is -3.84. The number of ether oxygens (including phenoxy) is 6. The number of aliphatic hydroxyl groups is 4. The third kappa shape index (κ3) is 14.1. The molecule has 6 heterocycles. The van der Waals surface area contributed by atoms with Gasteiger partial charge in [-0.25, -0.2) is 9.07 Å². The second-order valence-electron chi connectivity index (χ2n) is 24.2. The van der Waals surface area contributed by atoms with E-state index in [-0.39, 0.29) is 49.0 Å². The zero-order valence-electron chi connectivity index (χ0n) is 48.5. The number of hydrogen-bond acceptors (Lipinski definition) is 19. The molecule has 1 aromatic heterocycles. The predicted molar refractivity (Wildman–Crippen MR) is 289 cm³/mol. The number of carbonyl (C=O) groups excluding carboxylic acids is 2. The van der Waals surface area contributed by atoms with Crippen molar-refractivity contribution in [3.8, 4) is 0 Å². The molecular weight excluding hydrogens is 1010 g/mol. The molecule has 7 rings (SSSR count). The van der Waals surface area contributed by atoms with E-state index in [0.29, 0.717) is 82.2 Å². The van der Waals surface area contributed by atoms with Crippen molar-refractivity contribution < 1.29 is 67.7 Å². The van der Waals surface area contributed by atoms with Crippen LogP contribution in [-0.4, -0.2) is 207 Å². The van der Waals surface area contributed by atoms with E-state index in [0.717, 1.165) is 18.5 Å². The number of halogens is 1. The summed E-state index contributed by atoms with van der Waals surface area (Å²) in [5.41, 5.74) is -1.78. The third-order valence-corrected chi connectivity index (χ3v) is 17.8. The van der Waals surface area contributed by atoms with Gasteiger partial charge in [0.2, 0.25) is 12.1 Å². The molecule has 21 heteroatoms. The van der Waals surface area contributed by atoms with Crippen LogP contribution in [0.15, 0.2) is 29.6 Å². The van der Waals surface area contributed by atoms with Crippen molar-refractivity contribution in [2.24, 2.45) is 28.8 Å². The molecule has 5 aliphatic rings. The van der Waals surface area contributed by atoms with Gasteiger partial charge in [0.15, 0.2) is 6.10 Å². The number of aliphatic hydroxyl groups excluding tert-OH is 2. The number of likely N-dealkylation sites (N-methyl/N-ethyl adjacent to an activating group) is 2. The van der Waals surface area contributed by atoms with Crippen LogP contribution in [0.2, 0.25) is 0 Å². The minimum absolute atomic E-state index is 0.173. The van der Waals surface area contributed by atoms with Gasteiger partial charge in [-0.05, 0) is 125 Å². The average molecular weight is 1100 g/mol. The van der Waals surface area contributed by atoms with E-state index in [4.69, 9.17) is 33.3 Å². The summed E-state index contributed by atoms with van der Waals surface area (Å²) in [5, 5.41) is 60.9. The van der Waals surface area contributed by atoms with Crippen LogP contribution in [0.25, 0.3) is 0 Å². The Kier molecular flexibility index (Phi) is 20.6. The van der Waals surface area contributed by atoms with Gasteiger partial charge >= 0.3 is 5.97 Å². The van der Waals surface area contributed by atoms with Gasteiger partial charge in [0.1, 0.15) is 29.7 Å². The number of Topliss-reactive ketones (excluding diaryl/α,β-unsaturated/α-hetero) is 1. The molecule has 0 amide bonds. The molecule has 5 aliphatic heterocycles. The molecule has 1 aromatic carbocycles. The lowest BCUT2D eigenvalue weighted by atomic mass is 9.68. The van der Waals surface area contributed by atoms with E-state index in [9.17, 15) is 30.0 Å². The molecule has 20 nitrogen and oxygen atoms in total. The summed E-state index contributed by atoms with van der Waals surface area (Å²) in [6.45, 7) is 21.7. The lowest BCUT2D eigenvalue weighted by Gasteiger charge is -2.51. The summed E-state index contributed by atoms with van der Waals surface area (Å²) in [7, 11) is 5.29. The smallest absolute Gasteiger partial charge is 0.309 e. The maximum Gasteiger partial charge on any atom is 0.309 e. The van der Waals surface area contributed by atoms with E-state index in [1.165, 1.54) is 20.1 Å². The number of cyclic esters (lactones) is 1. The molecule has 3 unspecified atom stereocenters. The van der Waals surface area contributed by atoms with Crippen LogP contribution in [0.5, 0.6) is 0 Å². The number of rotatable bonds is 15. The van der Waals surface area contributed by atoms with E-state index in [1.807, 2.05) is 61.8 Å². The van der Waals surface area contributed by atoms with E-state index < -0.39 is 95.5 Å². The Labute approximate surface area is 461 Å². The highest BCUT2D eigenvalue weighted by Crippen LogP contribution is 2.45. The van der Waals surface area contributed by atoms with Crippen LogP contribution >= 0.6 is 0 Å². The van der Waals surface area contributed by atoms with Crippen LogP contribution in [-0.2, 0) is 55.8 Å². The number of hydrogen-bond donors (Lipinski definition) is 4. The van der Waals surface area contributed by atoms with E-state index in [1.54, 1.807) is 52.3 Å². The highest BCUT2D eigenvalue weighted by molar-refractivity contribution is 6.01. The quantitative estimate of drug-likeness (QED) is 0.142. The molecule has 0 radical (unpaired) electrons. The lowest BCUT2D eigenvalue weighted by Crippen LogP contribution is -2.61. The Bertz CT molecular complexity index is 2340. The molecule has 0 aliphatic carbocycles. The van der Waals surface area contributed by atoms with Gasteiger partial charge in [0.05, 0.1) is 84.4 Å². The Morgan fingerprint density at radius 3 is 2.37 bits per heavy atom. The largest absolute Gasteiger partial charge is 0.459 e. The van der Waals surface area contributed by atoms with Crippen LogP contribution in [0.4, 0.5) is 10.1 Å². The number of methoxy groups -OCH3 is 1. The average Bonchev–Trinajstić information content (AvgIpc) is 4.11. The number of benzene rings is 1. The maximum absolute atomic E-state index is 15.2. The van der Waals surface area contributed by atoms with Crippen molar-refractivity contribution in [1.82, 2.24) is 24.8 Å². The Balaban J connectivity index is 1.02. The normalized spacial score (nSPS) is 39.1. The van der Waals surface area contributed by atoms with Crippen molar-refractivity contribution in [2.75, 3.05) is 65.5 Å². The third-order valence-electron chi connectivity index (χ3n) is 17.8. The number of morpholine rings is 1. The Hall–Kier alpha value is -3.74. The van der Waals surface area contributed by atoms with Crippen molar-refractivity contribution in [3.05, 3.63) is 41.5 Å². The van der Waals surface area contributed by atoms with E-state index >= 15 is 4.39 Å². The second-order valence-corrected chi connectivity index (χ2v) is 24.2. The van der Waals surface area contributed by atoms with Crippen LogP contribution in [0.1, 0.15) is 125 Å². The molecule has 440 valence electrons. The number of nitrogens with zero attached hydrogens (tertiary/aromatic N) is 7. The first kappa shape index (κ1) is 61.9. The molecular formula is C57H92FN7O13. The van der Waals surface area contributed by atoms with Crippen LogP contribution in [0, 0.1) is 29.5 Å². The van der Waals surface area contributed by atoms with Gasteiger partial charge in [0.25, 0.3) is 0 Å². The van der Waals surface area contributed by atoms with Crippen molar-refractivity contribution in [3.63, 3.8) is 0 Å². The van der Waals surface area contributed by atoms with E-state index in [2.05, 4.69) is 15.5 Å². The zero-order valence-corrected chi connectivity index (χ0v) is 48.5. The summed E-state index contributed by atoms with van der Waals surface area (Å²) >= 11 is 0. The number of esters is 1. The number of oxime groups is 1. The van der Waals surface area contributed by atoms with Gasteiger partial charge in [-0.3, -0.25) is 14.5 Å². The highest BCUT2D eigenvalue weighted by Gasteiger charge is 2.55. The predicted octanol–water partition coefficient (Wildman–Crippen LogP) is 4.54. The second kappa shape index (κ2) is 26.0. The van der Waals surface area contributed by atoms with Crippen molar-refractivity contribution >= 4 is 23.2 Å². The summed E-state index contributed by atoms with van der Waals surface area (Å²) in [6.07, 6.45) is -2.35. The summed E-state index contributed by atoms with van der Waals surface area (Å²) < 4.78 is 54.4. The minimum atomic E-state index is -1.83. The summed E-state index contributed by atoms with van der Waals surface area (Å²) in [4.78, 5) is 41.1. The number of anilines is 1. The van der Waals surface area contributed by atoms with Crippen LogP contribution < -0.4 is 4.90 Å². The van der Waals surface area contributed by atoms with Gasteiger partial charge in [-0.15, -0.1) is 5.10 Å². The molecule has 0 saturated carbocycles. The molecule has 2 aromatic rings. The number of aryl methyl sites for hydroxylation is 1. The molecule has 78 heavy (non-hydrogen) atoms. The minimum Gasteiger partial charge on any atom is -0.459 e. The van der Waals surface area contributed by atoms with Crippen molar-refractivity contribution in [1.29, 1.82) is 0 Å². The number of unbranched alkanes of at least 4 members (excludes halogenated alkanes) is 1.